The molecule has 1 aromatic heterocycles. The SMILES string of the molecule is Cc1ccc(CNS(=O)(=O)c2ccccc2Cl)n1C. The van der Waals surface area contributed by atoms with Crippen molar-refractivity contribution in [1.29, 1.82) is 0 Å². The van der Waals surface area contributed by atoms with E-state index in [4.69, 9.17) is 11.6 Å². The first-order valence-corrected chi connectivity index (χ1v) is 7.63. The summed E-state index contributed by atoms with van der Waals surface area (Å²) in [6, 6.07) is 10.2. The average Bonchev–Trinajstić information content (AvgIpc) is 2.68. The number of rotatable bonds is 4. The van der Waals surface area contributed by atoms with Gasteiger partial charge in [0.05, 0.1) is 11.6 Å². The number of benzene rings is 1. The summed E-state index contributed by atoms with van der Waals surface area (Å²) in [5.41, 5.74) is 1.97. The van der Waals surface area contributed by atoms with Gasteiger partial charge in [0.15, 0.2) is 0 Å². The van der Waals surface area contributed by atoms with Crippen molar-refractivity contribution in [2.45, 2.75) is 18.4 Å². The number of nitrogens with one attached hydrogen (secondary N) is 1. The van der Waals surface area contributed by atoms with E-state index in [9.17, 15) is 8.42 Å². The molecular weight excluding hydrogens is 284 g/mol. The lowest BCUT2D eigenvalue weighted by molar-refractivity contribution is 0.579. The van der Waals surface area contributed by atoms with Crippen LogP contribution < -0.4 is 4.72 Å². The maximum Gasteiger partial charge on any atom is 0.242 e. The quantitative estimate of drug-likeness (QED) is 0.943. The lowest BCUT2D eigenvalue weighted by atomic mass is 10.4. The van der Waals surface area contributed by atoms with Crippen molar-refractivity contribution in [1.82, 2.24) is 9.29 Å². The summed E-state index contributed by atoms with van der Waals surface area (Å²) in [5, 5.41) is 0.220. The molecule has 0 saturated carbocycles. The van der Waals surface area contributed by atoms with Crippen molar-refractivity contribution >= 4 is 21.6 Å². The molecule has 0 aliphatic rings. The number of halogens is 1. The zero-order valence-corrected chi connectivity index (χ0v) is 12.3. The van der Waals surface area contributed by atoms with Gasteiger partial charge in [-0.2, -0.15) is 0 Å². The smallest absolute Gasteiger partial charge is 0.242 e. The van der Waals surface area contributed by atoms with Crippen LogP contribution in [0, 0.1) is 6.92 Å². The van der Waals surface area contributed by atoms with Gasteiger partial charge in [0.2, 0.25) is 10.0 Å². The van der Waals surface area contributed by atoms with Crippen LogP contribution in [0.3, 0.4) is 0 Å². The predicted octanol–water partition coefficient (Wildman–Crippen LogP) is 2.47. The molecule has 0 radical (unpaired) electrons. The van der Waals surface area contributed by atoms with Crippen LogP contribution in [0.1, 0.15) is 11.4 Å². The van der Waals surface area contributed by atoms with E-state index in [0.29, 0.717) is 0 Å². The Morgan fingerprint density at radius 1 is 1.21 bits per heavy atom. The topological polar surface area (TPSA) is 51.1 Å². The van der Waals surface area contributed by atoms with Gasteiger partial charge in [-0.05, 0) is 31.2 Å². The summed E-state index contributed by atoms with van der Waals surface area (Å²) in [6.07, 6.45) is 0. The van der Waals surface area contributed by atoms with Crippen LogP contribution in [0.4, 0.5) is 0 Å². The zero-order chi connectivity index (χ0) is 14.0. The Morgan fingerprint density at radius 2 is 1.89 bits per heavy atom. The minimum atomic E-state index is -3.59. The molecular formula is C13H15ClN2O2S. The molecule has 0 aliphatic heterocycles. The molecule has 0 unspecified atom stereocenters. The highest BCUT2D eigenvalue weighted by Crippen LogP contribution is 2.20. The lowest BCUT2D eigenvalue weighted by Gasteiger charge is -2.09. The van der Waals surface area contributed by atoms with E-state index >= 15 is 0 Å². The molecule has 102 valence electrons. The van der Waals surface area contributed by atoms with Crippen LogP contribution in [0.2, 0.25) is 5.02 Å². The van der Waals surface area contributed by atoms with Crippen LogP contribution in [0.15, 0.2) is 41.3 Å². The van der Waals surface area contributed by atoms with E-state index in [1.807, 2.05) is 30.7 Å². The number of sulfonamides is 1. The van der Waals surface area contributed by atoms with Gasteiger partial charge >= 0.3 is 0 Å². The molecule has 4 nitrogen and oxygen atoms in total. The summed E-state index contributed by atoms with van der Waals surface area (Å²) < 4.78 is 28.8. The van der Waals surface area contributed by atoms with Crippen molar-refractivity contribution in [2.75, 3.05) is 0 Å². The fourth-order valence-corrected chi connectivity index (χ4v) is 3.27. The first-order chi connectivity index (χ1) is 8.92. The highest BCUT2D eigenvalue weighted by Gasteiger charge is 2.17. The number of aryl methyl sites for hydroxylation is 1. The third-order valence-electron chi connectivity index (χ3n) is 3.05. The number of nitrogens with zero attached hydrogens (tertiary/aromatic N) is 1. The summed E-state index contributed by atoms with van der Waals surface area (Å²) in [6.45, 7) is 2.20. The molecule has 2 aromatic rings. The molecule has 6 heteroatoms. The van der Waals surface area contributed by atoms with E-state index in [0.717, 1.165) is 11.4 Å². The molecule has 1 aromatic carbocycles. The first-order valence-electron chi connectivity index (χ1n) is 5.77. The van der Waals surface area contributed by atoms with Gasteiger partial charge in [-0.15, -0.1) is 0 Å². The van der Waals surface area contributed by atoms with Gasteiger partial charge in [0, 0.05) is 18.4 Å². The van der Waals surface area contributed by atoms with Gasteiger partial charge in [0.1, 0.15) is 4.90 Å². The van der Waals surface area contributed by atoms with Crippen LogP contribution in [0.25, 0.3) is 0 Å². The van der Waals surface area contributed by atoms with Gasteiger partial charge in [-0.25, -0.2) is 13.1 Å². The molecule has 1 heterocycles. The van der Waals surface area contributed by atoms with Crippen LogP contribution in [-0.2, 0) is 23.6 Å². The Hall–Kier alpha value is -1.30. The highest BCUT2D eigenvalue weighted by atomic mass is 35.5. The second kappa shape index (κ2) is 5.36. The number of aromatic nitrogens is 1. The monoisotopic (exact) mass is 298 g/mol. The minimum Gasteiger partial charge on any atom is -0.351 e. The third-order valence-corrected chi connectivity index (χ3v) is 4.95. The van der Waals surface area contributed by atoms with E-state index < -0.39 is 10.0 Å². The lowest BCUT2D eigenvalue weighted by Crippen LogP contribution is -2.24. The molecule has 0 spiro atoms. The summed E-state index contributed by atoms with van der Waals surface area (Å²) in [5.74, 6) is 0. The van der Waals surface area contributed by atoms with Gasteiger partial charge in [-0.3, -0.25) is 0 Å². The molecule has 2 rings (SSSR count). The standard InChI is InChI=1S/C13H15ClN2O2S/c1-10-7-8-11(16(10)2)9-15-19(17,18)13-6-4-3-5-12(13)14/h3-8,15H,9H2,1-2H3. The van der Waals surface area contributed by atoms with E-state index in [1.54, 1.807) is 18.2 Å². The van der Waals surface area contributed by atoms with Gasteiger partial charge in [-0.1, -0.05) is 23.7 Å². The predicted molar refractivity (Wildman–Crippen MR) is 75.6 cm³/mol. The molecule has 19 heavy (non-hydrogen) atoms. The Morgan fingerprint density at radius 3 is 2.47 bits per heavy atom. The maximum atomic E-state index is 12.1. The average molecular weight is 299 g/mol. The van der Waals surface area contributed by atoms with Gasteiger partial charge in [0.25, 0.3) is 0 Å². The zero-order valence-electron chi connectivity index (χ0n) is 10.7. The fraction of sp³-hybridized carbons (Fsp3) is 0.231. The van der Waals surface area contributed by atoms with Crippen molar-refractivity contribution in [3.8, 4) is 0 Å². The summed E-state index contributed by atoms with van der Waals surface area (Å²) in [4.78, 5) is 0.0996. The van der Waals surface area contributed by atoms with Crippen molar-refractivity contribution in [2.24, 2.45) is 7.05 Å². The normalized spacial score (nSPS) is 11.7. The Bertz CT molecular complexity index is 692. The van der Waals surface area contributed by atoms with E-state index in [1.165, 1.54) is 6.07 Å². The highest BCUT2D eigenvalue weighted by molar-refractivity contribution is 7.89. The number of hydrogen-bond donors (Lipinski definition) is 1. The van der Waals surface area contributed by atoms with Crippen molar-refractivity contribution in [3.63, 3.8) is 0 Å². The van der Waals surface area contributed by atoms with Crippen LogP contribution in [-0.4, -0.2) is 13.0 Å². The Balaban J connectivity index is 2.19. The molecule has 0 bridgehead atoms. The second-order valence-electron chi connectivity index (χ2n) is 4.28. The maximum absolute atomic E-state index is 12.1. The summed E-state index contributed by atoms with van der Waals surface area (Å²) in [7, 11) is -1.69. The Labute approximate surface area is 118 Å². The van der Waals surface area contributed by atoms with Crippen LogP contribution >= 0.6 is 11.6 Å². The molecule has 0 aliphatic carbocycles. The van der Waals surface area contributed by atoms with E-state index in [2.05, 4.69) is 4.72 Å². The van der Waals surface area contributed by atoms with Gasteiger partial charge < -0.3 is 4.57 Å². The summed E-state index contributed by atoms with van der Waals surface area (Å²) >= 11 is 5.90. The van der Waals surface area contributed by atoms with Crippen molar-refractivity contribution in [3.05, 3.63) is 52.8 Å². The molecule has 0 atom stereocenters. The Kier molecular flexibility index (Phi) is 3.99. The molecule has 0 fully saturated rings. The number of hydrogen-bond acceptors (Lipinski definition) is 2. The second-order valence-corrected chi connectivity index (χ2v) is 6.42. The van der Waals surface area contributed by atoms with Crippen LogP contribution in [0.5, 0.6) is 0 Å². The van der Waals surface area contributed by atoms with Crippen molar-refractivity contribution < 1.29 is 8.42 Å². The third kappa shape index (κ3) is 3.00. The molecule has 0 amide bonds. The fourth-order valence-electron chi connectivity index (χ4n) is 1.75. The minimum absolute atomic E-state index is 0.0996. The molecule has 1 N–H and O–H groups in total. The molecule has 0 saturated heterocycles. The first kappa shape index (κ1) is 14.1. The largest absolute Gasteiger partial charge is 0.351 e. The van der Waals surface area contributed by atoms with E-state index in [-0.39, 0.29) is 16.5 Å².